The van der Waals surface area contributed by atoms with E-state index in [1.165, 1.54) is 0 Å². The fraction of sp³-hybridized carbons (Fsp3) is 0.364. The van der Waals surface area contributed by atoms with E-state index in [1.807, 2.05) is 6.07 Å². The largest absolute Gasteiger partial charge is 0.360 e. The Kier molecular flexibility index (Phi) is 3.56. The van der Waals surface area contributed by atoms with E-state index in [1.54, 1.807) is 13.8 Å². The summed E-state index contributed by atoms with van der Waals surface area (Å²) in [5.74, 6) is 0.178. The molecule has 0 aliphatic heterocycles. The van der Waals surface area contributed by atoms with E-state index in [-0.39, 0.29) is 18.1 Å². The van der Waals surface area contributed by atoms with Gasteiger partial charge in [0.2, 0.25) is 5.89 Å². The number of amides is 1. The van der Waals surface area contributed by atoms with Crippen molar-refractivity contribution >= 4 is 5.91 Å². The maximum Gasteiger partial charge on any atom is 0.292 e. The maximum atomic E-state index is 11.5. The highest BCUT2D eigenvalue weighted by molar-refractivity contribution is 5.90. The van der Waals surface area contributed by atoms with Crippen LogP contribution in [0.3, 0.4) is 0 Å². The summed E-state index contributed by atoms with van der Waals surface area (Å²) in [6.45, 7) is 3.91. The molecule has 1 amide bonds. The molecule has 0 aromatic carbocycles. The van der Waals surface area contributed by atoms with Gasteiger partial charge >= 0.3 is 0 Å². The van der Waals surface area contributed by atoms with Gasteiger partial charge in [-0.1, -0.05) is 10.3 Å². The van der Waals surface area contributed by atoms with Gasteiger partial charge in [0.25, 0.3) is 11.7 Å². The molecule has 0 atom stereocenters. The fourth-order valence-electron chi connectivity index (χ4n) is 1.48. The highest BCUT2D eigenvalue weighted by Crippen LogP contribution is 2.15. The summed E-state index contributed by atoms with van der Waals surface area (Å²) < 4.78 is 9.84. The molecular formula is C11H11N5O3. The molecule has 2 aromatic rings. The lowest BCUT2D eigenvalue weighted by Gasteiger charge is -1.93. The van der Waals surface area contributed by atoms with Crippen molar-refractivity contribution < 1.29 is 13.8 Å². The first-order chi connectivity index (χ1) is 9.15. The van der Waals surface area contributed by atoms with E-state index in [0.717, 1.165) is 0 Å². The summed E-state index contributed by atoms with van der Waals surface area (Å²) in [6, 6.07) is 1.99. The number of hydrogen-bond donors (Lipinski definition) is 1. The minimum Gasteiger partial charge on any atom is -0.360 e. The van der Waals surface area contributed by atoms with Gasteiger partial charge in [-0.2, -0.15) is 10.2 Å². The van der Waals surface area contributed by atoms with E-state index >= 15 is 0 Å². The molecule has 0 radical (unpaired) electrons. The molecule has 0 spiro atoms. The smallest absolute Gasteiger partial charge is 0.292 e. The van der Waals surface area contributed by atoms with Crippen molar-refractivity contribution in [2.75, 3.05) is 6.54 Å². The van der Waals surface area contributed by atoms with Gasteiger partial charge in [0.1, 0.15) is 17.3 Å². The molecule has 0 saturated carbocycles. The van der Waals surface area contributed by atoms with Crippen LogP contribution in [0.1, 0.15) is 40.5 Å². The molecule has 8 heteroatoms. The maximum absolute atomic E-state index is 11.5. The van der Waals surface area contributed by atoms with Crippen molar-refractivity contribution in [2.45, 2.75) is 20.3 Å². The van der Waals surface area contributed by atoms with Crippen molar-refractivity contribution in [3.8, 4) is 6.07 Å². The molecule has 0 saturated heterocycles. The Labute approximate surface area is 108 Å². The second-order valence-electron chi connectivity index (χ2n) is 3.72. The lowest BCUT2D eigenvalue weighted by Crippen LogP contribution is -2.23. The molecule has 1 N–H and O–H groups in total. The molecule has 8 nitrogen and oxygen atoms in total. The summed E-state index contributed by atoms with van der Waals surface area (Å²) in [7, 11) is 0. The molecule has 2 aromatic heterocycles. The minimum atomic E-state index is -0.408. The van der Waals surface area contributed by atoms with Gasteiger partial charge < -0.3 is 14.4 Å². The number of aromatic nitrogens is 3. The quantitative estimate of drug-likeness (QED) is 0.854. The molecule has 0 aliphatic carbocycles. The van der Waals surface area contributed by atoms with E-state index in [4.69, 9.17) is 14.3 Å². The SMILES string of the molecule is CCNC(=O)c1noc(Cc2noc(C)c2C#N)n1. The van der Waals surface area contributed by atoms with Gasteiger partial charge in [-0.3, -0.25) is 4.79 Å². The predicted octanol–water partition coefficient (Wildman–Crippen LogP) is 0.578. The number of nitrogens with one attached hydrogen (secondary N) is 1. The van der Waals surface area contributed by atoms with Crippen LogP contribution in [0.25, 0.3) is 0 Å². The van der Waals surface area contributed by atoms with Gasteiger partial charge in [0.05, 0.1) is 6.42 Å². The zero-order chi connectivity index (χ0) is 13.8. The molecule has 0 fully saturated rings. The Hall–Kier alpha value is -2.69. The Morgan fingerprint density at radius 1 is 1.42 bits per heavy atom. The highest BCUT2D eigenvalue weighted by atomic mass is 16.5. The zero-order valence-electron chi connectivity index (χ0n) is 10.4. The summed E-state index contributed by atoms with van der Waals surface area (Å²) in [4.78, 5) is 15.4. The van der Waals surface area contributed by atoms with Crippen LogP contribution in [-0.4, -0.2) is 27.7 Å². The molecule has 0 aliphatic rings. The average molecular weight is 261 g/mol. The van der Waals surface area contributed by atoms with Crippen molar-refractivity contribution in [1.29, 1.82) is 5.26 Å². The van der Waals surface area contributed by atoms with Gasteiger partial charge in [-0.25, -0.2) is 0 Å². The molecule has 0 unspecified atom stereocenters. The number of carbonyl (C=O) groups is 1. The number of hydrogen-bond acceptors (Lipinski definition) is 7. The Morgan fingerprint density at radius 2 is 2.21 bits per heavy atom. The highest BCUT2D eigenvalue weighted by Gasteiger charge is 2.18. The Bertz CT molecular complexity index is 637. The molecule has 98 valence electrons. The number of rotatable bonds is 4. The second-order valence-corrected chi connectivity index (χ2v) is 3.72. The Morgan fingerprint density at radius 3 is 2.89 bits per heavy atom. The Balaban J connectivity index is 2.16. The third kappa shape index (κ3) is 2.60. The van der Waals surface area contributed by atoms with Crippen LogP contribution in [0, 0.1) is 18.3 Å². The molecule has 0 bridgehead atoms. The fourth-order valence-corrected chi connectivity index (χ4v) is 1.48. The van der Waals surface area contributed by atoms with Gasteiger partial charge in [-0.15, -0.1) is 0 Å². The van der Waals surface area contributed by atoms with Crippen molar-refractivity contribution in [3.05, 3.63) is 28.7 Å². The summed E-state index contributed by atoms with van der Waals surface area (Å²) in [5.41, 5.74) is 0.754. The molecule has 19 heavy (non-hydrogen) atoms. The third-order valence-electron chi connectivity index (χ3n) is 2.37. The third-order valence-corrected chi connectivity index (χ3v) is 2.37. The van der Waals surface area contributed by atoms with Crippen LogP contribution in [-0.2, 0) is 6.42 Å². The lowest BCUT2D eigenvalue weighted by molar-refractivity contribution is 0.0942. The van der Waals surface area contributed by atoms with E-state index in [0.29, 0.717) is 23.6 Å². The first kappa shape index (κ1) is 12.8. The van der Waals surface area contributed by atoms with Crippen LogP contribution in [0.5, 0.6) is 0 Å². The first-order valence-corrected chi connectivity index (χ1v) is 5.61. The predicted molar refractivity (Wildman–Crippen MR) is 61.1 cm³/mol. The van der Waals surface area contributed by atoms with Crippen molar-refractivity contribution in [1.82, 2.24) is 20.6 Å². The van der Waals surface area contributed by atoms with E-state index in [2.05, 4.69) is 20.6 Å². The number of nitriles is 1. The molecular weight excluding hydrogens is 250 g/mol. The lowest BCUT2D eigenvalue weighted by atomic mass is 10.2. The zero-order valence-corrected chi connectivity index (χ0v) is 10.4. The van der Waals surface area contributed by atoms with Crippen LogP contribution >= 0.6 is 0 Å². The summed E-state index contributed by atoms with van der Waals surface area (Å²) >= 11 is 0. The number of nitrogens with zero attached hydrogens (tertiary/aromatic N) is 4. The van der Waals surface area contributed by atoms with Gasteiger partial charge in [0, 0.05) is 6.54 Å². The minimum absolute atomic E-state index is 0.0458. The van der Waals surface area contributed by atoms with E-state index < -0.39 is 5.91 Å². The normalized spacial score (nSPS) is 10.2. The number of carbonyl (C=O) groups excluding carboxylic acids is 1. The van der Waals surface area contributed by atoms with Crippen molar-refractivity contribution in [2.24, 2.45) is 0 Å². The van der Waals surface area contributed by atoms with Crippen LogP contribution in [0.4, 0.5) is 0 Å². The number of aryl methyl sites for hydroxylation is 1. The monoisotopic (exact) mass is 261 g/mol. The van der Waals surface area contributed by atoms with Crippen LogP contribution in [0.15, 0.2) is 9.05 Å². The van der Waals surface area contributed by atoms with Gasteiger partial charge in [-0.05, 0) is 13.8 Å². The van der Waals surface area contributed by atoms with E-state index in [9.17, 15) is 4.79 Å². The summed E-state index contributed by atoms with van der Waals surface area (Å²) in [6.07, 6.45) is 0.145. The van der Waals surface area contributed by atoms with Crippen molar-refractivity contribution in [3.63, 3.8) is 0 Å². The van der Waals surface area contributed by atoms with Gasteiger partial charge in [0.15, 0.2) is 5.76 Å². The molecule has 2 heterocycles. The average Bonchev–Trinajstić information content (AvgIpc) is 2.98. The van der Waals surface area contributed by atoms with Crippen LogP contribution in [0.2, 0.25) is 0 Å². The first-order valence-electron chi connectivity index (χ1n) is 5.61. The topological polar surface area (TPSA) is 118 Å². The molecule has 2 rings (SSSR count). The van der Waals surface area contributed by atoms with Crippen LogP contribution < -0.4 is 5.32 Å². The second kappa shape index (κ2) is 5.30. The summed E-state index contributed by atoms with van der Waals surface area (Å²) in [5, 5.41) is 18.8. The standard InChI is InChI=1S/C11H11N5O3/c1-3-13-11(17)10-14-9(19-16-10)4-8-7(5-12)6(2)18-15-8/h3-4H2,1-2H3,(H,13,17).